The molecule has 1 aromatic carbocycles. The monoisotopic (exact) mass is 424 g/mol. The third kappa shape index (κ3) is 7.31. The third-order valence-electron chi connectivity index (χ3n) is 3.97. The zero-order valence-corrected chi connectivity index (χ0v) is 18.3. The molecule has 0 unspecified atom stereocenters. The van der Waals surface area contributed by atoms with Crippen LogP contribution in [0.15, 0.2) is 42.2 Å². The first-order chi connectivity index (χ1) is 13.5. The molecule has 0 spiro atoms. The molecule has 6 nitrogen and oxygen atoms in total. The number of benzene rings is 1. The summed E-state index contributed by atoms with van der Waals surface area (Å²) in [5, 5.41) is 0. The molecule has 0 N–H and O–H groups in total. The van der Waals surface area contributed by atoms with Crippen LogP contribution in [0, 0.1) is 0 Å². The van der Waals surface area contributed by atoms with E-state index in [9.17, 15) is 9.59 Å². The van der Waals surface area contributed by atoms with Crippen molar-refractivity contribution in [3.8, 4) is 0 Å². The molecule has 0 fully saturated rings. The van der Waals surface area contributed by atoms with Gasteiger partial charge in [-0.25, -0.2) is 0 Å². The molecular formula is C20H28N2O4S2. The van der Waals surface area contributed by atoms with Crippen molar-refractivity contribution in [2.75, 3.05) is 31.4 Å². The molecule has 0 atom stereocenters. The van der Waals surface area contributed by atoms with Crippen LogP contribution in [0.3, 0.4) is 0 Å². The normalized spacial score (nSPS) is 13.6. The van der Waals surface area contributed by atoms with Crippen LogP contribution in [0.5, 0.6) is 0 Å². The van der Waals surface area contributed by atoms with Gasteiger partial charge in [0.2, 0.25) is 0 Å². The van der Waals surface area contributed by atoms with Crippen LogP contribution in [-0.2, 0) is 25.6 Å². The summed E-state index contributed by atoms with van der Waals surface area (Å²) in [4.78, 5) is 28.0. The quantitative estimate of drug-likeness (QED) is 0.395. The van der Waals surface area contributed by atoms with Gasteiger partial charge in [0.15, 0.2) is 0 Å². The van der Waals surface area contributed by atoms with Crippen molar-refractivity contribution in [1.82, 2.24) is 9.80 Å². The van der Waals surface area contributed by atoms with Gasteiger partial charge in [-0.1, -0.05) is 30.3 Å². The number of esters is 2. The maximum atomic E-state index is 11.8. The number of allylic oxidation sites excluding steroid dienone is 1. The predicted molar refractivity (Wildman–Crippen MR) is 114 cm³/mol. The van der Waals surface area contributed by atoms with Crippen molar-refractivity contribution in [3.63, 3.8) is 0 Å². The summed E-state index contributed by atoms with van der Waals surface area (Å²) in [6.45, 7) is 7.93. The Morgan fingerprint density at radius 1 is 1.04 bits per heavy atom. The molecule has 0 saturated carbocycles. The number of nitrogens with zero attached hydrogens (tertiary/aromatic N) is 2. The van der Waals surface area contributed by atoms with E-state index in [1.807, 2.05) is 18.2 Å². The molecule has 8 heteroatoms. The van der Waals surface area contributed by atoms with Gasteiger partial charge >= 0.3 is 11.9 Å². The molecule has 0 radical (unpaired) electrons. The van der Waals surface area contributed by atoms with Gasteiger partial charge in [0.1, 0.15) is 4.71 Å². The highest BCUT2D eigenvalue weighted by atomic mass is 32.2. The zero-order valence-electron chi connectivity index (χ0n) is 16.6. The summed E-state index contributed by atoms with van der Waals surface area (Å²) in [5.41, 5.74) is 2.40. The average Bonchev–Trinajstić information content (AvgIpc) is 3.03. The third-order valence-corrected chi connectivity index (χ3v) is 6.70. The number of carbonyl (C=O) groups is 2. The molecule has 28 heavy (non-hydrogen) atoms. The van der Waals surface area contributed by atoms with Crippen LogP contribution in [0.4, 0.5) is 0 Å². The summed E-state index contributed by atoms with van der Waals surface area (Å²) < 4.78 is 9.99. The molecule has 1 aliphatic heterocycles. The largest absolute Gasteiger partial charge is 0.465 e. The van der Waals surface area contributed by atoms with E-state index in [0.29, 0.717) is 19.9 Å². The van der Waals surface area contributed by atoms with Crippen LogP contribution in [-0.4, -0.2) is 57.8 Å². The van der Waals surface area contributed by atoms with Gasteiger partial charge in [0.25, 0.3) is 0 Å². The van der Waals surface area contributed by atoms with E-state index < -0.39 is 0 Å². The van der Waals surface area contributed by atoms with E-state index in [4.69, 9.17) is 9.47 Å². The molecule has 1 aromatic rings. The maximum Gasteiger partial charge on any atom is 0.315 e. The lowest BCUT2D eigenvalue weighted by molar-refractivity contribution is -0.140. The summed E-state index contributed by atoms with van der Waals surface area (Å²) >= 11 is 2.95. The van der Waals surface area contributed by atoms with Gasteiger partial charge in [-0.2, -0.15) is 0 Å². The van der Waals surface area contributed by atoms with Crippen LogP contribution < -0.4 is 0 Å². The number of hydrogen-bond donors (Lipinski definition) is 0. The van der Waals surface area contributed by atoms with Crippen LogP contribution in [0.25, 0.3) is 0 Å². The fourth-order valence-corrected chi connectivity index (χ4v) is 4.86. The summed E-state index contributed by atoms with van der Waals surface area (Å²) in [5.74, 6) is 0.0119. The average molecular weight is 425 g/mol. The Morgan fingerprint density at radius 2 is 1.61 bits per heavy atom. The Kier molecular flexibility index (Phi) is 9.57. The van der Waals surface area contributed by atoms with Gasteiger partial charge in [0, 0.05) is 18.4 Å². The first-order valence-corrected chi connectivity index (χ1v) is 11.4. The first-order valence-electron chi connectivity index (χ1n) is 9.31. The SMILES string of the molecule is CCOC(=O)CSC(SCC(=O)OCC)N1C=C(C)N(Cc2ccccc2)C1. The molecule has 0 bridgehead atoms. The van der Waals surface area contributed by atoms with Crippen LogP contribution >= 0.6 is 23.5 Å². The summed E-state index contributed by atoms with van der Waals surface area (Å²) in [6.07, 6.45) is 2.09. The lowest BCUT2D eigenvalue weighted by atomic mass is 10.2. The highest BCUT2D eigenvalue weighted by molar-refractivity contribution is 8.17. The Bertz CT molecular complexity index is 647. The van der Waals surface area contributed by atoms with Gasteiger partial charge in [-0.15, -0.1) is 23.5 Å². The van der Waals surface area contributed by atoms with Crippen molar-refractivity contribution in [3.05, 3.63) is 47.8 Å². The van der Waals surface area contributed by atoms with Crippen molar-refractivity contribution >= 4 is 35.5 Å². The van der Waals surface area contributed by atoms with Crippen LogP contribution in [0.1, 0.15) is 26.3 Å². The minimum absolute atomic E-state index is 0.0791. The molecule has 1 aliphatic rings. The number of rotatable bonds is 11. The first kappa shape index (κ1) is 22.5. The fraction of sp³-hybridized carbons (Fsp3) is 0.500. The van der Waals surface area contributed by atoms with Crippen molar-refractivity contribution in [1.29, 1.82) is 0 Å². The lowest BCUT2D eigenvalue weighted by Crippen LogP contribution is -2.32. The Morgan fingerprint density at radius 3 is 2.14 bits per heavy atom. The molecular weight excluding hydrogens is 396 g/mol. The Labute approximate surface area is 175 Å². The van der Waals surface area contributed by atoms with Crippen molar-refractivity contribution in [2.45, 2.75) is 32.0 Å². The number of carbonyl (C=O) groups excluding carboxylic acids is 2. The predicted octanol–water partition coefficient (Wildman–Crippen LogP) is 3.50. The highest BCUT2D eigenvalue weighted by Gasteiger charge is 2.27. The molecule has 0 saturated heterocycles. The van der Waals surface area contributed by atoms with Gasteiger partial charge in [-0.3, -0.25) is 9.59 Å². The minimum Gasteiger partial charge on any atom is -0.465 e. The van der Waals surface area contributed by atoms with E-state index in [1.165, 1.54) is 29.1 Å². The number of ether oxygens (including phenoxy) is 2. The second kappa shape index (κ2) is 11.9. The molecule has 1 heterocycles. The smallest absolute Gasteiger partial charge is 0.315 e. The van der Waals surface area contributed by atoms with Gasteiger partial charge in [-0.05, 0) is 26.3 Å². The van der Waals surface area contributed by atoms with Crippen LogP contribution in [0.2, 0.25) is 0 Å². The highest BCUT2D eigenvalue weighted by Crippen LogP contribution is 2.32. The Hall–Kier alpha value is -1.80. The van der Waals surface area contributed by atoms with Gasteiger partial charge in [0.05, 0.1) is 31.4 Å². The molecule has 154 valence electrons. The maximum absolute atomic E-state index is 11.8. The van der Waals surface area contributed by atoms with Gasteiger partial charge < -0.3 is 19.3 Å². The number of thioether (sulfide) groups is 2. The molecule has 0 amide bonds. The van der Waals surface area contributed by atoms with E-state index in [0.717, 1.165) is 12.2 Å². The molecule has 0 aromatic heterocycles. The topological polar surface area (TPSA) is 59.1 Å². The second-order valence-corrected chi connectivity index (χ2v) is 8.58. The second-order valence-electron chi connectivity index (χ2n) is 6.15. The molecule has 2 rings (SSSR count). The standard InChI is InChI=1S/C20H28N2O4S2/c1-4-25-18(23)13-27-20(28-14-19(24)26-5-2)22-11-16(3)21(15-22)12-17-9-7-6-8-10-17/h6-11,20H,4-5,12-15H2,1-3H3. The van der Waals surface area contributed by atoms with Crippen molar-refractivity contribution in [2.24, 2.45) is 0 Å². The van der Waals surface area contributed by atoms with E-state index in [1.54, 1.807) is 13.8 Å². The summed E-state index contributed by atoms with van der Waals surface area (Å²) in [7, 11) is 0. The Balaban J connectivity index is 1.98. The summed E-state index contributed by atoms with van der Waals surface area (Å²) in [6, 6.07) is 10.3. The fourth-order valence-electron chi connectivity index (χ4n) is 2.70. The molecule has 0 aliphatic carbocycles. The number of hydrogen-bond acceptors (Lipinski definition) is 8. The van der Waals surface area contributed by atoms with E-state index in [-0.39, 0.29) is 28.2 Å². The lowest BCUT2D eigenvalue weighted by Gasteiger charge is -2.29. The van der Waals surface area contributed by atoms with Crippen molar-refractivity contribution < 1.29 is 19.1 Å². The van der Waals surface area contributed by atoms with E-state index in [2.05, 4.69) is 35.1 Å². The van der Waals surface area contributed by atoms with E-state index >= 15 is 0 Å². The minimum atomic E-state index is -0.240. The zero-order chi connectivity index (χ0) is 20.4.